The Morgan fingerprint density at radius 3 is 2.46 bits per heavy atom. The standard InChI is InChI=1S/C29H31BrF3N3O3/c1-18-26(22-16-20(30)11-12-24(22)35-27(18)36-14-6-2-3-7-15-36)28(39)34-17-19(10-13-25(37)38)21-8-4-5-9-23(21)29(31,32)33/h4-5,8-9,11-12,16,19H,2-3,6-7,10,13-15,17H2,1H3,(H,34,39)(H,37,38)/t19-/m1/s1. The summed E-state index contributed by atoms with van der Waals surface area (Å²) in [4.78, 5) is 32.1. The second-order valence-corrected chi connectivity index (χ2v) is 10.8. The number of hydrogen-bond donors (Lipinski definition) is 2. The molecule has 2 aromatic carbocycles. The van der Waals surface area contributed by atoms with Gasteiger partial charge in [0.2, 0.25) is 0 Å². The van der Waals surface area contributed by atoms with Crippen molar-refractivity contribution in [2.24, 2.45) is 0 Å². The molecule has 2 N–H and O–H groups in total. The summed E-state index contributed by atoms with van der Waals surface area (Å²) in [5.74, 6) is -1.65. The largest absolute Gasteiger partial charge is 0.481 e. The Balaban J connectivity index is 1.70. The van der Waals surface area contributed by atoms with Crippen molar-refractivity contribution in [3.63, 3.8) is 0 Å². The fourth-order valence-corrected chi connectivity index (χ4v) is 5.64. The summed E-state index contributed by atoms with van der Waals surface area (Å²) in [7, 11) is 0. The van der Waals surface area contributed by atoms with Gasteiger partial charge in [0.1, 0.15) is 5.82 Å². The van der Waals surface area contributed by atoms with Crippen molar-refractivity contribution in [1.29, 1.82) is 0 Å². The minimum atomic E-state index is -4.60. The van der Waals surface area contributed by atoms with E-state index in [0.717, 1.165) is 55.1 Å². The van der Waals surface area contributed by atoms with Gasteiger partial charge in [-0.3, -0.25) is 9.59 Å². The molecule has 1 aromatic heterocycles. The highest BCUT2D eigenvalue weighted by atomic mass is 79.9. The van der Waals surface area contributed by atoms with Gasteiger partial charge in [0.25, 0.3) is 5.91 Å². The Bertz CT molecular complexity index is 1350. The summed E-state index contributed by atoms with van der Waals surface area (Å²) in [6, 6.07) is 10.6. The van der Waals surface area contributed by atoms with Crippen LogP contribution in [-0.2, 0) is 11.0 Å². The van der Waals surface area contributed by atoms with Crippen molar-refractivity contribution in [2.45, 2.75) is 57.5 Å². The average molecular weight is 606 g/mol. The molecule has 1 amide bonds. The number of carboxylic acid groups (broad SMARTS) is 1. The van der Waals surface area contributed by atoms with Crippen LogP contribution in [0, 0.1) is 6.92 Å². The van der Waals surface area contributed by atoms with Gasteiger partial charge in [-0.05, 0) is 56.0 Å². The van der Waals surface area contributed by atoms with E-state index in [1.807, 2.05) is 25.1 Å². The summed E-state index contributed by atoms with van der Waals surface area (Å²) in [5.41, 5.74) is 0.917. The second kappa shape index (κ2) is 12.4. The fourth-order valence-electron chi connectivity index (χ4n) is 5.28. The number of carbonyl (C=O) groups excluding carboxylic acids is 1. The van der Waals surface area contributed by atoms with Crippen LogP contribution in [0.4, 0.5) is 19.0 Å². The number of nitrogens with zero attached hydrogens (tertiary/aromatic N) is 2. The molecule has 6 nitrogen and oxygen atoms in total. The predicted molar refractivity (Wildman–Crippen MR) is 148 cm³/mol. The van der Waals surface area contributed by atoms with E-state index in [0.29, 0.717) is 22.0 Å². The van der Waals surface area contributed by atoms with Crippen LogP contribution in [0.5, 0.6) is 0 Å². The molecular formula is C29H31BrF3N3O3. The lowest BCUT2D eigenvalue weighted by atomic mass is 9.89. The minimum Gasteiger partial charge on any atom is -0.481 e. The predicted octanol–water partition coefficient (Wildman–Crippen LogP) is 7.08. The van der Waals surface area contributed by atoms with Gasteiger partial charge in [0.05, 0.1) is 16.6 Å². The summed E-state index contributed by atoms with van der Waals surface area (Å²) in [6.07, 6.45) is -0.634. The normalized spacial score (nSPS) is 15.2. The Kier molecular flexibility index (Phi) is 9.15. The van der Waals surface area contributed by atoms with Gasteiger partial charge in [-0.25, -0.2) is 4.98 Å². The topological polar surface area (TPSA) is 82.5 Å². The number of aromatic nitrogens is 1. The molecule has 0 saturated carbocycles. The molecule has 0 unspecified atom stereocenters. The number of hydrogen-bond acceptors (Lipinski definition) is 4. The van der Waals surface area contributed by atoms with Crippen LogP contribution < -0.4 is 10.2 Å². The zero-order chi connectivity index (χ0) is 28.2. The van der Waals surface area contributed by atoms with Crippen molar-refractivity contribution in [3.8, 4) is 0 Å². The van der Waals surface area contributed by atoms with Crippen LogP contribution in [0.1, 0.15) is 71.5 Å². The molecule has 1 aliphatic rings. The van der Waals surface area contributed by atoms with E-state index in [4.69, 9.17) is 4.98 Å². The third kappa shape index (κ3) is 6.90. The molecule has 0 spiro atoms. The van der Waals surface area contributed by atoms with Crippen molar-refractivity contribution < 1.29 is 27.9 Å². The van der Waals surface area contributed by atoms with Crippen molar-refractivity contribution >= 4 is 44.5 Å². The fraction of sp³-hybridized carbons (Fsp3) is 0.414. The van der Waals surface area contributed by atoms with Crippen LogP contribution in [0.2, 0.25) is 0 Å². The summed E-state index contributed by atoms with van der Waals surface area (Å²) < 4.78 is 42.1. The number of benzene rings is 2. The van der Waals surface area contributed by atoms with Crippen LogP contribution in [0.3, 0.4) is 0 Å². The van der Waals surface area contributed by atoms with E-state index in [2.05, 4.69) is 26.1 Å². The molecule has 0 aliphatic carbocycles. The highest BCUT2D eigenvalue weighted by molar-refractivity contribution is 9.10. The molecule has 0 radical (unpaired) electrons. The number of carbonyl (C=O) groups is 2. The highest BCUT2D eigenvalue weighted by Crippen LogP contribution is 2.37. The number of nitrogens with one attached hydrogen (secondary N) is 1. The van der Waals surface area contributed by atoms with Gasteiger partial charge >= 0.3 is 12.1 Å². The van der Waals surface area contributed by atoms with E-state index >= 15 is 0 Å². The quantitative estimate of drug-likeness (QED) is 0.286. The zero-order valence-corrected chi connectivity index (χ0v) is 23.2. The maximum atomic E-state index is 13.8. The van der Waals surface area contributed by atoms with E-state index < -0.39 is 29.5 Å². The number of aliphatic carboxylic acids is 1. The van der Waals surface area contributed by atoms with Crippen molar-refractivity contribution in [1.82, 2.24) is 10.3 Å². The zero-order valence-electron chi connectivity index (χ0n) is 21.7. The molecule has 208 valence electrons. The van der Waals surface area contributed by atoms with Crippen molar-refractivity contribution in [3.05, 3.63) is 69.2 Å². The maximum absolute atomic E-state index is 13.8. The smallest absolute Gasteiger partial charge is 0.416 e. The number of alkyl halides is 3. The van der Waals surface area contributed by atoms with E-state index in [9.17, 15) is 27.9 Å². The Labute approximate surface area is 233 Å². The van der Waals surface area contributed by atoms with Gasteiger partial charge in [0.15, 0.2) is 0 Å². The first-order chi connectivity index (χ1) is 18.6. The van der Waals surface area contributed by atoms with Crippen LogP contribution in [-0.4, -0.2) is 41.6 Å². The summed E-state index contributed by atoms with van der Waals surface area (Å²) in [5, 5.41) is 12.7. The third-order valence-electron chi connectivity index (χ3n) is 7.22. The van der Waals surface area contributed by atoms with E-state index in [-0.39, 0.29) is 24.9 Å². The number of anilines is 1. The number of amides is 1. The molecule has 1 fully saturated rings. The Morgan fingerprint density at radius 2 is 1.79 bits per heavy atom. The lowest BCUT2D eigenvalue weighted by Gasteiger charge is -2.26. The van der Waals surface area contributed by atoms with Gasteiger partial charge in [-0.1, -0.05) is 47.0 Å². The lowest BCUT2D eigenvalue weighted by molar-refractivity contribution is -0.138. The summed E-state index contributed by atoms with van der Waals surface area (Å²) >= 11 is 3.47. The van der Waals surface area contributed by atoms with Gasteiger partial charge in [0, 0.05) is 47.4 Å². The van der Waals surface area contributed by atoms with Gasteiger partial charge in [-0.15, -0.1) is 0 Å². The Morgan fingerprint density at radius 1 is 1.10 bits per heavy atom. The molecule has 2 heterocycles. The molecule has 1 saturated heterocycles. The Hall–Kier alpha value is -3.14. The SMILES string of the molecule is Cc1c(N2CCCCCC2)nc2ccc(Br)cc2c1C(=O)NC[C@@H](CCC(=O)O)c1ccccc1C(F)(F)F. The summed E-state index contributed by atoms with van der Waals surface area (Å²) in [6.45, 7) is 3.38. The van der Waals surface area contributed by atoms with Crippen LogP contribution >= 0.6 is 15.9 Å². The van der Waals surface area contributed by atoms with Crippen molar-refractivity contribution in [2.75, 3.05) is 24.5 Å². The minimum absolute atomic E-state index is 0.0316. The van der Waals surface area contributed by atoms with Crippen LogP contribution in [0.15, 0.2) is 46.9 Å². The molecule has 1 atom stereocenters. The molecule has 10 heteroatoms. The van der Waals surface area contributed by atoms with E-state index in [1.165, 1.54) is 18.2 Å². The molecule has 1 aliphatic heterocycles. The number of pyridine rings is 1. The van der Waals surface area contributed by atoms with Gasteiger partial charge in [-0.2, -0.15) is 13.2 Å². The first-order valence-electron chi connectivity index (χ1n) is 13.1. The molecule has 39 heavy (non-hydrogen) atoms. The van der Waals surface area contributed by atoms with Crippen LogP contribution in [0.25, 0.3) is 10.9 Å². The number of carboxylic acids is 1. The molecule has 0 bridgehead atoms. The maximum Gasteiger partial charge on any atom is 0.416 e. The molecule has 3 aromatic rings. The van der Waals surface area contributed by atoms with E-state index in [1.54, 1.807) is 0 Å². The first kappa shape index (κ1) is 28.9. The third-order valence-corrected chi connectivity index (χ3v) is 7.71. The molecular weight excluding hydrogens is 575 g/mol. The second-order valence-electron chi connectivity index (χ2n) is 9.92. The number of halogens is 4. The first-order valence-corrected chi connectivity index (χ1v) is 13.9. The van der Waals surface area contributed by atoms with Gasteiger partial charge < -0.3 is 15.3 Å². The monoisotopic (exact) mass is 605 g/mol. The number of fused-ring (bicyclic) bond motifs is 1. The highest BCUT2D eigenvalue weighted by Gasteiger charge is 2.35. The average Bonchev–Trinajstić information content (AvgIpc) is 3.17. The lowest BCUT2D eigenvalue weighted by Crippen LogP contribution is -2.32. The molecule has 4 rings (SSSR count). The number of rotatable bonds is 8.